The van der Waals surface area contributed by atoms with Gasteiger partial charge in [-0.05, 0) is 24.0 Å². The third-order valence-corrected chi connectivity index (χ3v) is 5.08. The molecule has 1 atom stereocenters. The summed E-state index contributed by atoms with van der Waals surface area (Å²) in [4.78, 5) is 13.9. The highest BCUT2D eigenvalue weighted by Gasteiger charge is 2.10. The van der Waals surface area contributed by atoms with Crippen molar-refractivity contribution < 1.29 is 4.84 Å². The van der Waals surface area contributed by atoms with Crippen LogP contribution in [0, 0.1) is 0 Å². The predicted molar refractivity (Wildman–Crippen MR) is 101 cm³/mol. The maximum Gasteiger partial charge on any atom is 0.107 e. The summed E-state index contributed by atoms with van der Waals surface area (Å²) in [5.74, 6) is 0.468. The molecule has 3 rings (SSSR count). The summed E-state index contributed by atoms with van der Waals surface area (Å²) >= 11 is 3.55. The molecule has 126 valence electrons. The van der Waals surface area contributed by atoms with Crippen LogP contribution in [0.5, 0.6) is 0 Å². The van der Waals surface area contributed by atoms with Crippen LogP contribution in [-0.4, -0.2) is 27.0 Å². The first-order valence-corrected chi connectivity index (χ1v) is 9.09. The van der Waals surface area contributed by atoms with Crippen LogP contribution in [0.15, 0.2) is 43.0 Å². The highest BCUT2D eigenvalue weighted by atomic mass is 79.9. The number of aromatic nitrogens is 3. The van der Waals surface area contributed by atoms with Gasteiger partial charge in [0.25, 0.3) is 0 Å². The first-order valence-electron chi connectivity index (χ1n) is 7.97. The summed E-state index contributed by atoms with van der Waals surface area (Å²) in [6.07, 6.45) is 8.48. The molecule has 3 aromatic rings. The quantitative estimate of drug-likeness (QED) is 0.488. The molecule has 0 bridgehead atoms. The Morgan fingerprint density at radius 3 is 3.00 bits per heavy atom. The number of hydrogen-bond donors (Lipinski definition) is 1. The molecule has 1 N–H and O–H groups in total. The van der Waals surface area contributed by atoms with Gasteiger partial charge in [-0.25, -0.2) is 4.98 Å². The topological polar surface area (TPSA) is 52.0 Å². The third-order valence-electron chi connectivity index (χ3n) is 4.11. The summed E-state index contributed by atoms with van der Waals surface area (Å²) in [6, 6.07) is 6.54. The van der Waals surface area contributed by atoms with Gasteiger partial charge in [-0.3, -0.25) is 15.3 Å². The predicted octanol–water partition coefficient (Wildman–Crippen LogP) is 4.14. The van der Waals surface area contributed by atoms with Gasteiger partial charge < -0.3 is 4.57 Å². The lowest BCUT2D eigenvalue weighted by molar-refractivity contribution is 0.128. The number of alkyl halides is 1. The zero-order chi connectivity index (χ0) is 16.9. The number of hydroxylamine groups is 1. The molecule has 0 amide bonds. The first-order chi connectivity index (χ1) is 11.7. The standard InChI is InChI=1S/C18H21BrN4O/c1-13(10-19)14-5-6-15-16(9-14)20-11-17-18(15)23(12-21-17)8-4-3-7-22-24-2/h3,5-7,9,11-13,22H,4,8,10H2,1-2H3. The molecule has 2 heterocycles. The third kappa shape index (κ3) is 3.44. The van der Waals surface area contributed by atoms with E-state index in [1.54, 1.807) is 13.3 Å². The lowest BCUT2D eigenvalue weighted by Gasteiger charge is -2.10. The second-order valence-corrected chi connectivity index (χ2v) is 6.42. The minimum Gasteiger partial charge on any atom is -0.330 e. The molecule has 0 aliphatic heterocycles. The van der Waals surface area contributed by atoms with Gasteiger partial charge in [0.15, 0.2) is 0 Å². The molecule has 5 nitrogen and oxygen atoms in total. The molecule has 0 aliphatic carbocycles. The molecule has 0 saturated heterocycles. The van der Waals surface area contributed by atoms with Crippen molar-refractivity contribution in [3.05, 3.63) is 48.6 Å². The molecule has 2 aromatic heterocycles. The summed E-state index contributed by atoms with van der Waals surface area (Å²) < 4.78 is 2.18. The van der Waals surface area contributed by atoms with Crippen molar-refractivity contribution in [2.75, 3.05) is 12.4 Å². The Labute approximate surface area is 149 Å². The Morgan fingerprint density at radius 1 is 1.33 bits per heavy atom. The highest BCUT2D eigenvalue weighted by molar-refractivity contribution is 9.09. The van der Waals surface area contributed by atoms with E-state index >= 15 is 0 Å². The molecule has 0 fully saturated rings. The van der Waals surface area contributed by atoms with E-state index in [-0.39, 0.29) is 0 Å². The van der Waals surface area contributed by atoms with E-state index in [0.717, 1.165) is 40.2 Å². The number of aryl methyl sites for hydroxylation is 1. The van der Waals surface area contributed by atoms with Crippen LogP contribution < -0.4 is 5.48 Å². The van der Waals surface area contributed by atoms with E-state index in [9.17, 15) is 0 Å². The summed E-state index contributed by atoms with van der Waals surface area (Å²) in [6.45, 7) is 3.07. The van der Waals surface area contributed by atoms with Gasteiger partial charge in [0, 0.05) is 23.5 Å². The number of nitrogens with zero attached hydrogens (tertiary/aromatic N) is 3. The molecule has 6 heteroatoms. The van der Waals surface area contributed by atoms with Crippen LogP contribution in [0.1, 0.15) is 24.8 Å². The van der Waals surface area contributed by atoms with Crippen LogP contribution in [0.25, 0.3) is 21.9 Å². The minimum atomic E-state index is 0.468. The Morgan fingerprint density at radius 2 is 2.21 bits per heavy atom. The molecule has 0 aliphatic rings. The number of rotatable bonds is 7. The largest absolute Gasteiger partial charge is 0.330 e. The van der Waals surface area contributed by atoms with E-state index < -0.39 is 0 Å². The number of benzene rings is 1. The van der Waals surface area contributed by atoms with E-state index in [1.165, 1.54) is 5.56 Å². The number of nitrogens with one attached hydrogen (secondary N) is 1. The summed E-state index contributed by atoms with van der Waals surface area (Å²) in [5.41, 5.74) is 7.09. The van der Waals surface area contributed by atoms with Crippen LogP contribution in [0.2, 0.25) is 0 Å². The smallest absolute Gasteiger partial charge is 0.107 e. The van der Waals surface area contributed by atoms with E-state index in [1.807, 2.05) is 18.6 Å². The van der Waals surface area contributed by atoms with Gasteiger partial charge in [-0.1, -0.05) is 41.1 Å². The Hall–Kier alpha value is -1.92. The van der Waals surface area contributed by atoms with Crippen molar-refractivity contribution in [2.24, 2.45) is 0 Å². The molecule has 1 unspecified atom stereocenters. The van der Waals surface area contributed by atoms with E-state index in [2.05, 4.69) is 61.1 Å². The SMILES string of the molecule is CONC=CCCn1cnc2cnc3cc(C(C)CBr)ccc3c21. The zero-order valence-corrected chi connectivity index (χ0v) is 15.5. The van der Waals surface area contributed by atoms with Gasteiger partial charge in [-0.2, -0.15) is 0 Å². The minimum absolute atomic E-state index is 0.468. The highest BCUT2D eigenvalue weighted by Crippen LogP contribution is 2.27. The second kappa shape index (κ2) is 7.77. The molecule has 0 radical (unpaired) electrons. The molecular weight excluding hydrogens is 368 g/mol. The van der Waals surface area contributed by atoms with Crippen molar-refractivity contribution in [3.8, 4) is 0 Å². The fourth-order valence-electron chi connectivity index (χ4n) is 2.75. The molecule has 0 saturated carbocycles. The van der Waals surface area contributed by atoms with Gasteiger partial charge in [0.1, 0.15) is 5.52 Å². The lowest BCUT2D eigenvalue weighted by Crippen LogP contribution is -2.01. The lowest BCUT2D eigenvalue weighted by atomic mass is 10.0. The van der Waals surface area contributed by atoms with Gasteiger partial charge in [-0.15, -0.1) is 0 Å². The Bertz CT molecular complexity index is 859. The van der Waals surface area contributed by atoms with Crippen molar-refractivity contribution in [2.45, 2.75) is 25.8 Å². The number of imidazole rings is 1. The maximum atomic E-state index is 4.78. The van der Waals surface area contributed by atoms with Crippen LogP contribution in [0.3, 0.4) is 0 Å². The van der Waals surface area contributed by atoms with Gasteiger partial charge in [0.05, 0.1) is 30.7 Å². The van der Waals surface area contributed by atoms with E-state index in [0.29, 0.717) is 5.92 Å². The van der Waals surface area contributed by atoms with Crippen LogP contribution >= 0.6 is 15.9 Å². The van der Waals surface area contributed by atoms with E-state index in [4.69, 9.17) is 4.84 Å². The fraction of sp³-hybridized carbons (Fsp3) is 0.333. The monoisotopic (exact) mass is 388 g/mol. The van der Waals surface area contributed by atoms with Crippen molar-refractivity contribution >= 4 is 37.9 Å². The normalized spacial score (nSPS) is 13.1. The molecule has 0 spiro atoms. The van der Waals surface area contributed by atoms with Crippen molar-refractivity contribution in [3.63, 3.8) is 0 Å². The van der Waals surface area contributed by atoms with Crippen molar-refractivity contribution in [1.29, 1.82) is 0 Å². The second-order valence-electron chi connectivity index (χ2n) is 5.77. The fourth-order valence-corrected chi connectivity index (χ4v) is 3.12. The van der Waals surface area contributed by atoms with Crippen molar-refractivity contribution in [1.82, 2.24) is 20.0 Å². The Balaban J connectivity index is 1.95. The summed E-state index contributed by atoms with van der Waals surface area (Å²) in [7, 11) is 1.59. The molecule has 24 heavy (non-hydrogen) atoms. The Kier molecular flexibility index (Phi) is 5.48. The van der Waals surface area contributed by atoms with Gasteiger partial charge in [0.2, 0.25) is 0 Å². The molecule has 1 aromatic carbocycles. The zero-order valence-electron chi connectivity index (χ0n) is 13.9. The average molecular weight is 389 g/mol. The number of allylic oxidation sites excluding steroid dienone is 1. The van der Waals surface area contributed by atoms with Crippen LogP contribution in [0.4, 0.5) is 0 Å². The first kappa shape index (κ1) is 16.9. The number of fused-ring (bicyclic) bond motifs is 3. The number of pyridine rings is 1. The van der Waals surface area contributed by atoms with Gasteiger partial charge >= 0.3 is 0 Å². The average Bonchev–Trinajstić information content (AvgIpc) is 3.04. The number of halogens is 1. The number of hydrogen-bond acceptors (Lipinski definition) is 4. The molecular formula is C18H21BrN4O. The maximum absolute atomic E-state index is 4.78. The summed E-state index contributed by atoms with van der Waals surface area (Å²) in [5, 5.41) is 2.09. The van der Waals surface area contributed by atoms with Crippen LogP contribution in [-0.2, 0) is 11.4 Å².